The molecule has 3 heteroatoms. The molecule has 1 saturated carbocycles. The summed E-state index contributed by atoms with van der Waals surface area (Å²) in [6.45, 7) is 8.43. The van der Waals surface area contributed by atoms with Crippen LogP contribution < -0.4 is 5.32 Å². The first-order valence-electron chi connectivity index (χ1n) is 6.77. The largest absolute Gasteiger partial charge is 0.317 e. The second-order valence-corrected chi connectivity index (χ2v) is 4.96. The Hall–Kier alpha value is -0.960. The van der Waals surface area contributed by atoms with Crippen molar-refractivity contribution in [2.75, 3.05) is 13.1 Å². The maximum absolute atomic E-state index is 4.70. The van der Waals surface area contributed by atoms with Gasteiger partial charge in [-0.25, -0.2) is 9.97 Å². The van der Waals surface area contributed by atoms with Gasteiger partial charge in [0.05, 0.1) is 0 Å². The maximum atomic E-state index is 4.70. The van der Waals surface area contributed by atoms with Crippen molar-refractivity contribution in [2.45, 2.75) is 52.4 Å². The average Bonchev–Trinajstić information content (AvgIpc) is 2.19. The second kappa shape index (κ2) is 5.58. The van der Waals surface area contributed by atoms with Gasteiger partial charge < -0.3 is 5.32 Å². The lowest BCUT2D eigenvalue weighted by Gasteiger charge is -2.25. The van der Waals surface area contributed by atoms with E-state index in [1.165, 1.54) is 36.2 Å². The minimum atomic E-state index is 0.634. The smallest absolute Gasteiger partial charge is 0.131 e. The summed E-state index contributed by atoms with van der Waals surface area (Å²) in [4.78, 5) is 9.39. The summed E-state index contributed by atoms with van der Waals surface area (Å²) in [6, 6.07) is 0. The molecule has 3 nitrogen and oxygen atoms in total. The monoisotopic (exact) mass is 233 g/mol. The molecule has 1 N–H and O–H groups in total. The summed E-state index contributed by atoms with van der Waals surface area (Å²) < 4.78 is 0. The molecule has 0 unspecified atom stereocenters. The van der Waals surface area contributed by atoms with Crippen molar-refractivity contribution >= 4 is 0 Å². The van der Waals surface area contributed by atoms with Crippen molar-refractivity contribution in [1.82, 2.24) is 15.3 Å². The summed E-state index contributed by atoms with van der Waals surface area (Å²) in [5.41, 5.74) is 3.68. The van der Waals surface area contributed by atoms with Crippen LogP contribution in [0.1, 0.15) is 54.9 Å². The third-order valence-electron chi connectivity index (χ3n) is 3.71. The molecule has 0 spiro atoms. The van der Waals surface area contributed by atoms with Crippen LogP contribution in [0.3, 0.4) is 0 Å². The van der Waals surface area contributed by atoms with E-state index in [-0.39, 0.29) is 0 Å². The van der Waals surface area contributed by atoms with Gasteiger partial charge in [0.2, 0.25) is 0 Å². The lowest BCUT2D eigenvalue weighted by atomic mass is 9.84. The Balaban J connectivity index is 2.11. The highest BCUT2D eigenvalue weighted by atomic mass is 14.9. The van der Waals surface area contributed by atoms with Crippen LogP contribution in [0.2, 0.25) is 0 Å². The second-order valence-electron chi connectivity index (χ2n) is 4.96. The molecular formula is C14H23N3. The molecule has 1 fully saturated rings. The summed E-state index contributed by atoms with van der Waals surface area (Å²) in [7, 11) is 0. The Bertz CT molecular complexity index is 360. The fourth-order valence-electron chi connectivity index (χ4n) is 2.37. The molecule has 1 aliphatic carbocycles. The van der Waals surface area contributed by atoms with Crippen molar-refractivity contribution in [3.05, 3.63) is 22.8 Å². The summed E-state index contributed by atoms with van der Waals surface area (Å²) in [5.74, 6) is 1.72. The molecule has 2 rings (SSSR count). The first-order valence-corrected chi connectivity index (χ1v) is 6.77. The first-order chi connectivity index (χ1) is 8.22. The molecule has 1 aromatic rings. The van der Waals surface area contributed by atoms with Gasteiger partial charge in [-0.2, -0.15) is 0 Å². The van der Waals surface area contributed by atoms with Crippen molar-refractivity contribution in [3.8, 4) is 0 Å². The fraction of sp³-hybridized carbons (Fsp3) is 0.714. The van der Waals surface area contributed by atoms with E-state index < -0.39 is 0 Å². The van der Waals surface area contributed by atoms with E-state index in [1.54, 1.807) is 0 Å². The van der Waals surface area contributed by atoms with Crippen molar-refractivity contribution in [3.63, 3.8) is 0 Å². The van der Waals surface area contributed by atoms with Crippen LogP contribution in [0.15, 0.2) is 0 Å². The number of hydrogen-bond donors (Lipinski definition) is 1. The SMILES string of the molecule is CCNCCc1c(C)nc(C2CCC2)nc1C. The molecule has 0 aliphatic heterocycles. The first kappa shape index (κ1) is 12.5. The van der Waals surface area contributed by atoms with E-state index in [1.807, 2.05) is 0 Å². The lowest BCUT2D eigenvalue weighted by Crippen LogP contribution is -2.19. The molecule has 0 saturated heterocycles. The molecule has 0 atom stereocenters. The summed E-state index contributed by atoms with van der Waals surface area (Å²) in [5, 5.41) is 3.36. The minimum Gasteiger partial charge on any atom is -0.317 e. The molecule has 94 valence electrons. The third-order valence-corrected chi connectivity index (χ3v) is 3.71. The van der Waals surface area contributed by atoms with Gasteiger partial charge in [0.1, 0.15) is 5.82 Å². The molecule has 0 radical (unpaired) electrons. The number of hydrogen-bond acceptors (Lipinski definition) is 3. The number of nitrogens with zero attached hydrogens (tertiary/aromatic N) is 2. The number of rotatable bonds is 5. The lowest BCUT2D eigenvalue weighted by molar-refractivity contribution is 0.399. The van der Waals surface area contributed by atoms with Gasteiger partial charge in [0.25, 0.3) is 0 Å². The predicted octanol–water partition coefficient (Wildman–Crippen LogP) is 2.51. The highest BCUT2D eigenvalue weighted by Gasteiger charge is 2.23. The number of nitrogens with one attached hydrogen (secondary N) is 1. The van der Waals surface area contributed by atoms with Crippen molar-refractivity contribution in [1.29, 1.82) is 0 Å². The van der Waals surface area contributed by atoms with E-state index in [9.17, 15) is 0 Å². The van der Waals surface area contributed by atoms with Crippen molar-refractivity contribution < 1.29 is 0 Å². The average molecular weight is 233 g/mol. The predicted molar refractivity (Wildman–Crippen MR) is 70.3 cm³/mol. The van der Waals surface area contributed by atoms with Crippen LogP contribution >= 0.6 is 0 Å². The quantitative estimate of drug-likeness (QED) is 0.794. The van der Waals surface area contributed by atoms with E-state index in [4.69, 9.17) is 9.97 Å². The Morgan fingerprint density at radius 3 is 2.29 bits per heavy atom. The van der Waals surface area contributed by atoms with E-state index in [0.29, 0.717) is 5.92 Å². The molecule has 1 aliphatic rings. The van der Waals surface area contributed by atoms with Crippen molar-refractivity contribution in [2.24, 2.45) is 0 Å². The van der Waals surface area contributed by atoms with E-state index in [0.717, 1.165) is 25.3 Å². The van der Waals surface area contributed by atoms with Crippen LogP contribution in [0.5, 0.6) is 0 Å². The highest BCUT2D eigenvalue weighted by Crippen LogP contribution is 2.34. The Kier molecular flexibility index (Phi) is 4.11. The van der Waals surface area contributed by atoms with Gasteiger partial charge >= 0.3 is 0 Å². The number of likely N-dealkylation sites (N-methyl/N-ethyl adjacent to an activating group) is 1. The molecule has 0 amide bonds. The van der Waals surface area contributed by atoms with Gasteiger partial charge in [-0.1, -0.05) is 13.3 Å². The minimum absolute atomic E-state index is 0.634. The molecule has 1 aromatic heterocycles. The Morgan fingerprint density at radius 1 is 1.18 bits per heavy atom. The van der Waals surface area contributed by atoms with Crippen LogP contribution in [0.25, 0.3) is 0 Å². The van der Waals surface area contributed by atoms with Crippen LogP contribution in [0, 0.1) is 13.8 Å². The van der Waals surface area contributed by atoms with Crippen LogP contribution in [0.4, 0.5) is 0 Å². The van der Waals surface area contributed by atoms with Gasteiger partial charge in [0, 0.05) is 17.3 Å². The maximum Gasteiger partial charge on any atom is 0.131 e. The molecular weight excluding hydrogens is 210 g/mol. The Labute approximate surface area is 104 Å². The third kappa shape index (κ3) is 2.83. The Morgan fingerprint density at radius 2 is 1.82 bits per heavy atom. The zero-order chi connectivity index (χ0) is 12.3. The van der Waals surface area contributed by atoms with Crippen LogP contribution in [-0.2, 0) is 6.42 Å². The number of aromatic nitrogens is 2. The zero-order valence-electron chi connectivity index (χ0n) is 11.2. The molecule has 1 heterocycles. The topological polar surface area (TPSA) is 37.8 Å². The van der Waals surface area contributed by atoms with Crippen LogP contribution in [-0.4, -0.2) is 23.1 Å². The normalized spacial score (nSPS) is 15.9. The zero-order valence-corrected chi connectivity index (χ0v) is 11.2. The molecule has 0 aromatic carbocycles. The van der Waals surface area contributed by atoms with Gasteiger partial charge in [-0.15, -0.1) is 0 Å². The van der Waals surface area contributed by atoms with E-state index >= 15 is 0 Å². The van der Waals surface area contributed by atoms with Gasteiger partial charge in [0.15, 0.2) is 0 Å². The van der Waals surface area contributed by atoms with E-state index in [2.05, 4.69) is 26.1 Å². The fourth-order valence-corrected chi connectivity index (χ4v) is 2.37. The summed E-state index contributed by atoms with van der Waals surface area (Å²) >= 11 is 0. The van der Waals surface area contributed by atoms with Gasteiger partial charge in [-0.3, -0.25) is 0 Å². The highest BCUT2D eigenvalue weighted by molar-refractivity contribution is 5.25. The standard InChI is InChI=1S/C14H23N3/c1-4-15-9-8-13-10(2)16-14(17-11(13)3)12-6-5-7-12/h12,15H,4-9H2,1-3H3. The molecule has 17 heavy (non-hydrogen) atoms. The summed E-state index contributed by atoms with van der Waals surface area (Å²) in [6.07, 6.45) is 4.93. The van der Waals surface area contributed by atoms with Gasteiger partial charge in [-0.05, 0) is 51.8 Å². The number of aryl methyl sites for hydroxylation is 2. The molecule has 0 bridgehead atoms.